The summed E-state index contributed by atoms with van der Waals surface area (Å²) in [5.41, 5.74) is 0. The number of hydrogen-bond donors (Lipinski definition) is 2. The van der Waals surface area contributed by atoms with Crippen molar-refractivity contribution in [3.8, 4) is 0 Å². The standard InChI is InChI=1S/C11H15N3O3S2/c1-2-9-14(7(6-19-9)10(15)16)11(17)13-5-8-12-3-4-18-8/h3-4,7,9H,2,5-6H2,1H3,(H,13,17)(H,15,16). The number of hydrogen-bond acceptors (Lipinski definition) is 5. The van der Waals surface area contributed by atoms with Crippen LogP contribution in [-0.2, 0) is 11.3 Å². The summed E-state index contributed by atoms with van der Waals surface area (Å²) in [6.45, 7) is 2.28. The molecule has 104 valence electrons. The van der Waals surface area contributed by atoms with Gasteiger partial charge in [-0.1, -0.05) is 6.92 Å². The largest absolute Gasteiger partial charge is 0.480 e. The monoisotopic (exact) mass is 301 g/mol. The number of amides is 2. The highest BCUT2D eigenvalue weighted by molar-refractivity contribution is 8.00. The minimum absolute atomic E-state index is 0.0719. The van der Waals surface area contributed by atoms with Crippen molar-refractivity contribution < 1.29 is 14.7 Å². The molecule has 8 heteroatoms. The van der Waals surface area contributed by atoms with Crippen molar-refractivity contribution in [1.29, 1.82) is 0 Å². The number of aromatic nitrogens is 1. The fraction of sp³-hybridized carbons (Fsp3) is 0.545. The van der Waals surface area contributed by atoms with E-state index in [1.807, 2.05) is 12.3 Å². The fourth-order valence-corrected chi connectivity index (χ4v) is 3.83. The van der Waals surface area contributed by atoms with Crippen LogP contribution in [0.25, 0.3) is 0 Å². The minimum Gasteiger partial charge on any atom is -0.480 e. The molecule has 0 radical (unpaired) electrons. The third-order valence-corrected chi connectivity index (χ3v) is 5.07. The van der Waals surface area contributed by atoms with Gasteiger partial charge in [-0.2, -0.15) is 0 Å². The van der Waals surface area contributed by atoms with Crippen molar-refractivity contribution in [3.63, 3.8) is 0 Å². The summed E-state index contributed by atoms with van der Waals surface area (Å²) in [6.07, 6.45) is 2.41. The Morgan fingerprint density at radius 1 is 1.63 bits per heavy atom. The molecular weight excluding hydrogens is 286 g/mol. The lowest BCUT2D eigenvalue weighted by Gasteiger charge is -2.26. The molecule has 0 aliphatic carbocycles. The Morgan fingerprint density at radius 3 is 3.00 bits per heavy atom. The lowest BCUT2D eigenvalue weighted by molar-refractivity contribution is -0.141. The topological polar surface area (TPSA) is 82.5 Å². The summed E-state index contributed by atoms with van der Waals surface area (Å²) < 4.78 is 0. The van der Waals surface area contributed by atoms with E-state index in [2.05, 4.69) is 10.3 Å². The summed E-state index contributed by atoms with van der Waals surface area (Å²) >= 11 is 2.97. The Bertz CT molecular complexity index is 452. The first-order valence-corrected chi connectivity index (χ1v) is 7.85. The number of carbonyl (C=O) groups is 2. The molecule has 1 aliphatic rings. The van der Waals surface area contributed by atoms with Crippen molar-refractivity contribution in [2.45, 2.75) is 31.3 Å². The molecule has 2 rings (SSSR count). The van der Waals surface area contributed by atoms with Gasteiger partial charge in [-0.25, -0.2) is 14.6 Å². The van der Waals surface area contributed by atoms with Gasteiger partial charge in [-0.15, -0.1) is 23.1 Å². The number of nitrogens with zero attached hydrogens (tertiary/aromatic N) is 2. The summed E-state index contributed by atoms with van der Waals surface area (Å²) in [6, 6.07) is -1.08. The normalized spacial score (nSPS) is 22.5. The van der Waals surface area contributed by atoms with E-state index in [9.17, 15) is 9.59 Å². The molecule has 2 heterocycles. The van der Waals surface area contributed by atoms with E-state index in [-0.39, 0.29) is 11.4 Å². The van der Waals surface area contributed by atoms with E-state index in [1.54, 1.807) is 6.20 Å². The number of carboxylic acids is 1. The highest BCUT2D eigenvalue weighted by Gasteiger charge is 2.40. The number of thioether (sulfide) groups is 1. The average Bonchev–Trinajstić information content (AvgIpc) is 3.04. The van der Waals surface area contributed by atoms with Crippen LogP contribution in [0.1, 0.15) is 18.4 Å². The fourth-order valence-electron chi connectivity index (χ4n) is 1.92. The average molecular weight is 301 g/mol. The van der Waals surface area contributed by atoms with Gasteiger partial charge >= 0.3 is 12.0 Å². The molecule has 0 aromatic carbocycles. The summed E-state index contributed by atoms with van der Waals surface area (Å²) in [5.74, 6) is -0.508. The Morgan fingerprint density at radius 2 is 2.42 bits per heavy atom. The highest BCUT2D eigenvalue weighted by Crippen LogP contribution is 2.31. The van der Waals surface area contributed by atoms with Gasteiger partial charge < -0.3 is 10.4 Å². The molecule has 0 saturated carbocycles. The molecule has 2 amide bonds. The van der Waals surface area contributed by atoms with Crippen LogP contribution < -0.4 is 5.32 Å². The van der Waals surface area contributed by atoms with E-state index >= 15 is 0 Å². The maximum absolute atomic E-state index is 12.1. The first-order valence-electron chi connectivity index (χ1n) is 5.92. The minimum atomic E-state index is -0.951. The second-order valence-corrected chi connectivity index (χ2v) is 6.23. The van der Waals surface area contributed by atoms with Crippen LogP contribution in [0.15, 0.2) is 11.6 Å². The van der Waals surface area contributed by atoms with Gasteiger partial charge in [0.2, 0.25) is 0 Å². The zero-order valence-electron chi connectivity index (χ0n) is 10.4. The van der Waals surface area contributed by atoms with Gasteiger partial charge in [-0.05, 0) is 6.42 Å². The second-order valence-electron chi connectivity index (χ2n) is 4.04. The third-order valence-electron chi connectivity index (χ3n) is 2.84. The molecule has 6 nitrogen and oxygen atoms in total. The van der Waals surface area contributed by atoms with Crippen molar-refractivity contribution in [3.05, 3.63) is 16.6 Å². The summed E-state index contributed by atoms with van der Waals surface area (Å²) in [5, 5.41) is 14.5. The SMILES string of the molecule is CCC1SCC(C(=O)O)N1C(=O)NCc1nccs1. The van der Waals surface area contributed by atoms with Crippen molar-refractivity contribution in [2.24, 2.45) is 0 Å². The molecule has 2 N–H and O–H groups in total. The molecule has 1 aliphatic heterocycles. The van der Waals surface area contributed by atoms with E-state index in [1.165, 1.54) is 28.0 Å². The smallest absolute Gasteiger partial charge is 0.327 e. The molecule has 2 atom stereocenters. The molecule has 1 saturated heterocycles. The second kappa shape index (κ2) is 6.25. The number of rotatable bonds is 4. The van der Waals surface area contributed by atoms with Crippen LogP contribution in [0.4, 0.5) is 4.79 Å². The van der Waals surface area contributed by atoms with Crippen LogP contribution in [0.3, 0.4) is 0 Å². The van der Waals surface area contributed by atoms with Crippen molar-refractivity contribution >= 4 is 35.1 Å². The molecule has 1 fully saturated rings. The van der Waals surface area contributed by atoms with Gasteiger partial charge in [-0.3, -0.25) is 4.90 Å². The van der Waals surface area contributed by atoms with Crippen LogP contribution in [0.5, 0.6) is 0 Å². The maximum Gasteiger partial charge on any atom is 0.327 e. The Labute approximate surface area is 119 Å². The molecule has 0 spiro atoms. The van der Waals surface area contributed by atoms with Gasteiger partial charge in [0.15, 0.2) is 0 Å². The van der Waals surface area contributed by atoms with Crippen LogP contribution in [0.2, 0.25) is 0 Å². The zero-order valence-corrected chi connectivity index (χ0v) is 12.0. The zero-order chi connectivity index (χ0) is 13.8. The predicted molar refractivity (Wildman–Crippen MR) is 74.1 cm³/mol. The number of thiazole rings is 1. The van der Waals surface area contributed by atoms with Crippen LogP contribution >= 0.6 is 23.1 Å². The molecule has 1 aromatic rings. The first-order chi connectivity index (χ1) is 9.13. The Kier molecular flexibility index (Phi) is 4.65. The Balaban J connectivity index is 2.00. The van der Waals surface area contributed by atoms with E-state index < -0.39 is 12.0 Å². The number of urea groups is 1. The van der Waals surface area contributed by atoms with Gasteiger partial charge in [0.25, 0.3) is 0 Å². The highest BCUT2D eigenvalue weighted by atomic mass is 32.2. The number of aliphatic carboxylic acids is 1. The van der Waals surface area contributed by atoms with E-state index in [0.29, 0.717) is 12.3 Å². The predicted octanol–water partition coefficient (Wildman–Crippen LogP) is 1.59. The first kappa shape index (κ1) is 14.1. The number of carboxylic acid groups (broad SMARTS) is 1. The number of nitrogens with one attached hydrogen (secondary N) is 1. The van der Waals surface area contributed by atoms with E-state index in [0.717, 1.165) is 11.4 Å². The van der Waals surface area contributed by atoms with Crippen molar-refractivity contribution in [1.82, 2.24) is 15.2 Å². The quantitative estimate of drug-likeness (QED) is 0.882. The molecular formula is C11H15N3O3S2. The molecule has 1 aromatic heterocycles. The van der Waals surface area contributed by atoms with Crippen LogP contribution in [0, 0.1) is 0 Å². The van der Waals surface area contributed by atoms with Gasteiger partial charge in [0.05, 0.1) is 11.9 Å². The summed E-state index contributed by atoms with van der Waals surface area (Å²) in [7, 11) is 0. The molecule has 19 heavy (non-hydrogen) atoms. The third kappa shape index (κ3) is 3.19. The van der Waals surface area contributed by atoms with Gasteiger partial charge in [0.1, 0.15) is 11.0 Å². The lowest BCUT2D eigenvalue weighted by atomic mass is 10.3. The van der Waals surface area contributed by atoms with Crippen molar-refractivity contribution in [2.75, 3.05) is 5.75 Å². The Hall–Kier alpha value is -1.28. The molecule has 0 bridgehead atoms. The maximum atomic E-state index is 12.1. The number of carbonyl (C=O) groups excluding carboxylic acids is 1. The molecule has 2 unspecified atom stereocenters. The van der Waals surface area contributed by atoms with Crippen LogP contribution in [-0.4, -0.2) is 44.2 Å². The van der Waals surface area contributed by atoms with Gasteiger partial charge in [0, 0.05) is 17.3 Å². The summed E-state index contributed by atoms with van der Waals surface area (Å²) in [4.78, 5) is 28.8. The van der Waals surface area contributed by atoms with E-state index in [4.69, 9.17) is 5.11 Å². The lowest BCUT2D eigenvalue weighted by Crippen LogP contribution is -2.49.